The highest BCUT2D eigenvalue weighted by Crippen LogP contribution is 2.56. The van der Waals surface area contributed by atoms with E-state index in [1.807, 2.05) is 14.0 Å². The molecule has 1 heterocycles. The molecule has 5 rings (SSSR count). The Morgan fingerprint density at radius 2 is 0.756 bits per heavy atom. The van der Waals surface area contributed by atoms with Gasteiger partial charge in [0.05, 0.1) is 43.5 Å². The first-order valence-electron chi connectivity index (χ1n) is 27.0. The molecule has 0 fully saturated rings. The number of quaternary nitrogens is 1. The summed E-state index contributed by atoms with van der Waals surface area (Å²) in [5.74, 6) is 0.0296. The predicted molar refractivity (Wildman–Crippen MR) is 282 cm³/mol. The lowest BCUT2D eigenvalue weighted by atomic mass is 9.76. The van der Waals surface area contributed by atoms with Gasteiger partial charge in [-0.1, -0.05) is 132 Å². The van der Waals surface area contributed by atoms with Crippen molar-refractivity contribution >= 4 is 0 Å². The highest BCUT2D eigenvalue weighted by atomic mass is 79.9. The molecule has 0 aromatic heterocycles. The molecule has 4 aromatic rings. The number of hydrogen-bond acceptors (Lipinski definition) is 3. The molecule has 0 aliphatic carbocycles. The molecule has 0 saturated heterocycles. The predicted octanol–water partition coefficient (Wildman–Crippen LogP) is 17.1. The molecule has 1 atom stereocenters. The van der Waals surface area contributed by atoms with Crippen LogP contribution in [0.4, 0.5) is 52.7 Å². The fourth-order valence-electron chi connectivity index (χ4n) is 11.5. The molecule has 0 spiro atoms. The molecular formula is C61H80BrF12NO3. The Morgan fingerprint density at radius 1 is 0.462 bits per heavy atom. The Labute approximate surface area is 465 Å². The molecule has 1 aliphatic rings. The van der Waals surface area contributed by atoms with Crippen LogP contribution in [0.15, 0.2) is 48.5 Å². The molecule has 0 radical (unpaired) electrons. The summed E-state index contributed by atoms with van der Waals surface area (Å²) in [5, 5.41) is 0. The van der Waals surface area contributed by atoms with Gasteiger partial charge in [-0.05, 0) is 101 Å². The van der Waals surface area contributed by atoms with Gasteiger partial charge in [-0.25, -0.2) is 0 Å². The number of fused-ring (bicyclic) bond motifs is 3. The summed E-state index contributed by atoms with van der Waals surface area (Å²) in [5.41, 5.74) is -8.07. The van der Waals surface area contributed by atoms with Crippen LogP contribution in [-0.2, 0) is 53.4 Å². The zero-order chi connectivity index (χ0) is 57.9. The first kappa shape index (κ1) is 66.6. The van der Waals surface area contributed by atoms with Crippen molar-refractivity contribution in [2.45, 2.75) is 212 Å². The summed E-state index contributed by atoms with van der Waals surface area (Å²) in [7, 11) is 6.10. The van der Waals surface area contributed by atoms with Gasteiger partial charge < -0.3 is 35.7 Å². The molecule has 0 unspecified atom stereocenters. The summed E-state index contributed by atoms with van der Waals surface area (Å²) in [6, 6.07) is 5.79. The third kappa shape index (κ3) is 15.1. The largest absolute Gasteiger partial charge is 1.00 e. The summed E-state index contributed by atoms with van der Waals surface area (Å²) in [6.07, 6.45) is -8.32. The number of halogens is 13. The van der Waals surface area contributed by atoms with E-state index in [1.54, 1.807) is 60.8 Å². The quantitative estimate of drug-likeness (QED) is 0.0473. The van der Waals surface area contributed by atoms with Crippen LogP contribution >= 0.6 is 0 Å². The highest BCUT2D eigenvalue weighted by molar-refractivity contribution is 5.91. The Balaban J connectivity index is 0.0000131. The normalized spacial score (nSPS) is 14.8. The molecule has 17 heteroatoms. The van der Waals surface area contributed by atoms with Gasteiger partial charge in [-0.2, -0.15) is 52.7 Å². The van der Waals surface area contributed by atoms with E-state index in [2.05, 4.69) is 13.8 Å². The third-order valence-corrected chi connectivity index (χ3v) is 15.9. The smallest absolute Gasteiger partial charge is 0.416 e. The molecule has 1 aliphatic heterocycles. The fourth-order valence-corrected chi connectivity index (χ4v) is 11.5. The molecular weight excluding hydrogens is 1100 g/mol. The number of nitrogens with zero attached hydrogens (tertiary/aromatic N) is 1. The SMILES string of the molecule is CCCCCCCCC(CCCCCCCC)(OC)[C@H](C)[N+]1(C)Cc2c(cc(C(C)(C)C)c(OC)c2-c2cc(C(F)(F)F)cc(C(F)(F)F)c2)-c2cc(C(C)(C)C)c(OC)c(-c3cc(C(F)(F)F)cc(C(F)(F)F)c3)c2C1.[Br-]. The van der Waals surface area contributed by atoms with Gasteiger partial charge in [-0.15, -0.1) is 0 Å². The van der Waals surface area contributed by atoms with Gasteiger partial charge in [0.1, 0.15) is 36.2 Å². The molecule has 4 nitrogen and oxygen atoms in total. The van der Waals surface area contributed by atoms with Crippen LogP contribution in [0.5, 0.6) is 11.5 Å². The van der Waals surface area contributed by atoms with Gasteiger partial charge in [0.15, 0.2) is 0 Å². The van der Waals surface area contributed by atoms with Gasteiger partial charge >= 0.3 is 24.7 Å². The molecule has 78 heavy (non-hydrogen) atoms. The first-order chi connectivity index (χ1) is 35.5. The van der Waals surface area contributed by atoms with E-state index in [0.29, 0.717) is 59.4 Å². The number of rotatable bonds is 21. The minimum absolute atomic E-state index is 0. The van der Waals surface area contributed by atoms with Crippen LogP contribution in [-0.4, -0.2) is 44.5 Å². The lowest BCUT2D eigenvalue weighted by Crippen LogP contribution is -3.00. The van der Waals surface area contributed by atoms with Gasteiger partial charge in [0, 0.05) is 40.5 Å². The number of alkyl halides is 12. The van der Waals surface area contributed by atoms with Crippen LogP contribution in [0.3, 0.4) is 0 Å². The standard InChI is InChI=1S/C61H80F12NO3.BrH/c1-14-16-18-20-22-24-26-57(77-13,27-25-23-21-19-17-15-2)38(3)74(10)36-47-45(34-49(55(4,5)6)53(75-11)51(47)39-28-41(58(62,63)64)32-42(29-39)59(65,66)67)46-35-50(56(7,8)9)54(76-12)52(48(46)37-74)40-30-43(60(68,69)70)33-44(31-40)61(71,72)73;/h28-35,38H,14-27,36-37H2,1-13H3;1H/q+1;/p-1/t38-;/m0./s1. The van der Waals surface area contributed by atoms with E-state index in [9.17, 15) is 52.7 Å². The Morgan fingerprint density at radius 3 is 1.01 bits per heavy atom. The summed E-state index contributed by atoms with van der Waals surface area (Å²) < 4.78 is 198. The van der Waals surface area contributed by atoms with Crippen LogP contribution in [0.2, 0.25) is 0 Å². The molecule has 438 valence electrons. The lowest BCUT2D eigenvalue weighted by Gasteiger charge is -2.49. The minimum atomic E-state index is -5.23. The number of benzene rings is 4. The number of hydrogen-bond donors (Lipinski definition) is 0. The van der Waals surface area contributed by atoms with E-state index >= 15 is 0 Å². The van der Waals surface area contributed by atoms with Gasteiger partial charge in [0.25, 0.3) is 0 Å². The van der Waals surface area contributed by atoms with Crippen LogP contribution in [0.25, 0.3) is 33.4 Å². The Hall–Kier alpha value is -3.96. The number of methoxy groups -OCH3 is 3. The second-order valence-corrected chi connectivity index (χ2v) is 23.6. The summed E-state index contributed by atoms with van der Waals surface area (Å²) in [4.78, 5) is 0. The fraction of sp³-hybridized carbons (Fsp3) is 0.607. The number of likely N-dealkylation sites (N-methyl/N-ethyl adjacent to an activating group) is 1. The topological polar surface area (TPSA) is 27.7 Å². The second kappa shape index (κ2) is 25.5. The molecule has 0 N–H and O–H groups in total. The van der Waals surface area contributed by atoms with Crippen LogP contribution in [0, 0.1) is 0 Å². The van der Waals surface area contributed by atoms with Crippen molar-refractivity contribution < 1.29 is 88.4 Å². The molecule has 4 aromatic carbocycles. The Kier molecular flexibility index (Phi) is 21.7. The molecule has 0 saturated carbocycles. The summed E-state index contributed by atoms with van der Waals surface area (Å²) >= 11 is 0. The maximum absolute atomic E-state index is 14.9. The van der Waals surface area contributed by atoms with Crippen molar-refractivity contribution in [3.8, 4) is 44.9 Å². The minimum Gasteiger partial charge on any atom is -1.00 e. The Bertz CT molecular complexity index is 2420. The van der Waals surface area contributed by atoms with E-state index in [1.165, 1.54) is 14.2 Å². The third-order valence-electron chi connectivity index (χ3n) is 15.9. The van der Waals surface area contributed by atoms with E-state index in [0.717, 1.165) is 77.0 Å². The van der Waals surface area contributed by atoms with Crippen molar-refractivity contribution in [2.24, 2.45) is 0 Å². The van der Waals surface area contributed by atoms with Crippen molar-refractivity contribution in [3.63, 3.8) is 0 Å². The summed E-state index contributed by atoms with van der Waals surface area (Å²) in [6.45, 7) is 16.8. The van der Waals surface area contributed by atoms with Gasteiger partial charge in [-0.3, -0.25) is 0 Å². The maximum Gasteiger partial charge on any atom is 0.416 e. The van der Waals surface area contributed by atoms with Crippen molar-refractivity contribution in [3.05, 3.63) is 93.0 Å². The second-order valence-electron chi connectivity index (χ2n) is 23.6. The van der Waals surface area contributed by atoms with E-state index in [-0.39, 0.29) is 80.4 Å². The number of unbranched alkanes of at least 4 members (excludes halogenated alkanes) is 10. The highest BCUT2D eigenvalue weighted by Gasteiger charge is 2.50. The first-order valence-corrected chi connectivity index (χ1v) is 27.0. The number of ether oxygens (including phenoxy) is 3. The van der Waals surface area contributed by atoms with Crippen molar-refractivity contribution in [1.29, 1.82) is 0 Å². The molecule has 0 amide bonds. The maximum atomic E-state index is 14.9. The van der Waals surface area contributed by atoms with Gasteiger partial charge in [0.2, 0.25) is 0 Å². The van der Waals surface area contributed by atoms with E-state index in [4.69, 9.17) is 14.2 Å². The van der Waals surface area contributed by atoms with Crippen molar-refractivity contribution in [1.82, 2.24) is 0 Å². The zero-order valence-electron chi connectivity index (χ0n) is 47.6. The van der Waals surface area contributed by atoms with Crippen LogP contribution in [0.1, 0.15) is 197 Å². The van der Waals surface area contributed by atoms with E-state index < -0.39 is 80.6 Å². The average Bonchev–Trinajstić information content (AvgIpc) is 3.45. The lowest BCUT2D eigenvalue weighted by molar-refractivity contribution is -0.963. The van der Waals surface area contributed by atoms with Crippen LogP contribution < -0.4 is 26.5 Å². The molecule has 0 bridgehead atoms. The zero-order valence-corrected chi connectivity index (χ0v) is 49.2. The average molecular weight is 1180 g/mol. The monoisotopic (exact) mass is 1180 g/mol. The van der Waals surface area contributed by atoms with Crippen molar-refractivity contribution in [2.75, 3.05) is 28.4 Å².